The number of nitrogens with zero attached hydrogens (tertiary/aromatic N) is 1. The maximum absolute atomic E-state index is 3.88. The fraction of sp³-hybridized carbons (Fsp3) is 0.571. The van der Waals surface area contributed by atoms with Crippen LogP contribution >= 0.6 is 0 Å². The van der Waals surface area contributed by atoms with Crippen LogP contribution in [-0.4, -0.2) is 25.0 Å². The van der Waals surface area contributed by atoms with Gasteiger partial charge in [0.25, 0.3) is 0 Å². The molecule has 0 amide bonds. The van der Waals surface area contributed by atoms with Gasteiger partial charge < -0.3 is 4.90 Å². The van der Waals surface area contributed by atoms with Gasteiger partial charge in [0.05, 0.1) is 0 Å². The second kappa shape index (κ2) is 6.62. The van der Waals surface area contributed by atoms with Gasteiger partial charge in [-0.2, -0.15) is 0 Å². The maximum atomic E-state index is 3.88. The molecule has 0 N–H and O–H groups in total. The van der Waals surface area contributed by atoms with Gasteiger partial charge in [-0.05, 0) is 57.8 Å². The molecule has 0 saturated carbocycles. The van der Waals surface area contributed by atoms with E-state index in [0.29, 0.717) is 0 Å². The summed E-state index contributed by atoms with van der Waals surface area (Å²) in [7, 11) is 2.21. The van der Waals surface area contributed by atoms with Gasteiger partial charge in [-0.25, -0.2) is 0 Å². The second-order valence-electron chi connectivity index (χ2n) is 4.42. The Morgan fingerprint density at radius 2 is 2.07 bits per heavy atom. The van der Waals surface area contributed by atoms with Crippen LogP contribution in [0.15, 0.2) is 36.5 Å². The van der Waals surface area contributed by atoms with Crippen LogP contribution in [0.2, 0.25) is 0 Å². The zero-order chi connectivity index (χ0) is 11.1. The molecule has 0 bridgehead atoms. The van der Waals surface area contributed by atoms with Gasteiger partial charge >= 0.3 is 0 Å². The van der Waals surface area contributed by atoms with E-state index in [-0.39, 0.29) is 0 Å². The molecule has 15 heavy (non-hydrogen) atoms. The molecule has 0 aromatic carbocycles. The Morgan fingerprint density at radius 3 is 2.60 bits per heavy atom. The van der Waals surface area contributed by atoms with E-state index in [9.17, 15) is 0 Å². The lowest BCUT2D eigenvalue weighted by molar-refractivity contribution is 0.219. The first kappa shape index (κ1) is 12.3. The molecule has 0 aliphatic carbocycles. The number of rotatable bonds is 4. The SMILES string of the molecule is C=C/C(=C\C=C/C)CC1CCN(C)CC1. The van der Waals surface area contributed by atoms with Crippen molar-refractivity contribution in [3.63, 3.8) is 0 Å². The van der Waals surface area contributed by atoms with Crippen LogP contribution in [0.25, 0.3) is 0 Å². The highest BCUT2D eigenvalue weighted by Crippen LogP contribution is 2.23. The Morgan fingerprint density at radius 1 is 1.40 bits per heavy atom. The summed E-state index contributed by atoms with van der Waals surface area (Å²) in [6.07, 6.45) is 12.2. The summed E-state index contributed by atoms with van der Waals surface area (Å²) in [5.41, 5.74) is 1.38. The van der Waals surface area contributed by atoms with E-state index in [4.69, 9.17) is 0 Å². The van der Waals surface area contributed by atoms with Gasteiger partial charge in [0.1, 0.15) is 0 Å². The lowest BCUT2D eigenvalue weighted by atomic mass is 9.90. The largest absolute Gasteiger partial charge is 0.306 e. The molecular formula is C14H23N. The minimum Gasteiger partial charge on any atom is -0.306 e. The number of hydrogen-bond acceptors (Lipinski definition) is 1. The number of allylic oxidation sites excluding steroid dienone is 5. The van der Waals surface area contributed by atoms with Crippen molar-refractivity contribution in [2.45, 2.75) is 26.2 Å². The highest BCUT2D eigenvalue weighted by molar-refractivity contribution is 5.22. The molecule has 1 aliphatic rings. The molecule has 1 rings (SSSR count). The predicted molar refractivity (Wildman–Crippen MR) is 67.9 cm³/mol. The van der Waals surface area contributed by atoms with E-state index in [0.717, 1.165) is 5.92 Å². The molecule has 1 fully saturated rings. The van der Waals surface area contributed by atoms with Crippen LogP contribution in [-0.2, 0) is 0 Å². The van der Waals surface area contributed by atoms with Crippen molar-refractivity contribution in [3.05, 3.63) is 36.5 Å². The average Bonchev–Trinajstić information content (AvgIpc) is 2.27. The second-order valence-corrected chi connectivity index (χ2v) is 4.42. The number of piperidine rings is 1. The highest BCUT2D eigenvalue weighted by Gasteiger charge is 2.16. The molecule has 0 atom stereocenters. The van der Waals surface area contributed by atoms with Crippen molar-refractivity contribution < 1.29 is 0 Å². The molecular weight excluding hydrogens is 182 g/mol. The van der Waals surface area contributed by atoms with Crippen molar-refractivity contribution in [2.75, 3.05) is 20.1 Å². The van der Waals surface area contributed by atoms with Crippen LogP contribution in [0.4, 0.5) is 0 Å². The topological polar surface area (TPSA) is 3.24 Å². The third-order valence-corrected chi connectivity index (χ3v) is 3.13. The monoisotopic (exact) mass is 205 g/mol. The number of likely N-dealkylation sites (tertiary alicyclic amines) is 1. The van der Waals surface area contributed by atoms with Crippen LogP contribution in [0.5, 0.6) is 0 Å². The normalized spacial score (nSPS) is 21.1. The molecule has 1 heteroatoms. The van der Waals surface area contributed by atoms with Gasteiger partial charge in [0.2, 0.25) is 0 Å². The van der Waals surface area contributed by atoms with E-state index in [1.807, 2.05) is 13.0 Å². The van der Waals surface area contributed by atoms with Gasteiger partial charge in [0.15, 0.2) is 0 Å². The molecule has 1 aliphatic heterocycles. The maximum Gasteiger partial charge on any atom is -0.00190 e. The van der Waals surface area contributed by atoms with Crippen molar-refractivity contribution in [1.82, 2.24) is 4.90 Å². The van der Waals surface area contributed by atoms with Crippen molar-refractivity contribution >= 4 is 0 Å². The fourth-order valence-corrected chi connectivity index (χ4v) is 2.04. The van der Waals surface area contributed by atoms with Crippen LogP contribution in [0.3, 0.4) is 0 Å². The molecule has 1 heterocycles. The average molecular weight is 205 g/mol. The first-order chi connectivity index (χ1) is 7.26. The summed E-state index contributed by atoms with van der Waals surface area (Å²) in [5, 5.41) is 0. The Labute approximate surface area is 94.2 Å². The van der Waals surface area contributed by atoms with E-state index in [2.05, 4.69) is 36.8 Å². The quantitative estimate of drug-likeness (QED) is 0.636. The Kier molecular flexibility index (Phi) is 5.41. The Bertz CT molecular complexity index is 242. The number of hydrogen-bond donors (Lipinski definition) is 0. The molecule has 0 aromatic heterocycles. The summed E-state index contributed by atoms with van der Waals surface area (Å²) >= 11 is 0. The predicted octanol–water partition coefficient (Wildman–Crippen LogP) is 3.41. The summed E-state index contributed by atoms with van der Waals surface area (Å²) < 4.78 is 0. The standard InChI is InChI=1S/C14H23N/c1-4-6-7-13(5-2)12-14-8-10-15(3)11-9-14/h4-7,14H,2,8-12H2,1,3H3/b6-4-,13-7+. The third kappa shape index (κ3) is 4.48. The molecule has 1 saturated heterocycles. The molecule has 0 radical (unpaired) electrons. The van der Waals surface area contributed by atoms with E-state index < -0.39 is 0 Å². The smallest absolute Gasteiger partial charge is 0.00190 e. The minimum atomic E-state index is 0.857. The van der Waals surface area contributed by atoms with E-state index >= 15 is 0 Å². The van der Waals surface area contributed by atoms with E-state index in [1.54, 1.807) is 0 Å². The van der Waals surface area contributed by atoms with Crippen LogP contribution < -0.4 is 0 Å². The van der Waals surface area contributed by atoms with Crippen molar-refractivity contribution in [1.29, 1.82) is 0 Å². The Balaban J connectivity index is 2.42. The lowest BCUT2D eigenvalue weighted by Gasteiger charge is -2.29. The fourth-order valence-electron chi connectivity index (χ4n) is 2.04. The molecule has 0 spiro atoms. The first-order valence-corrected chi connectivity index (χ1v) is 5.89. The van der Waals surface area contributed by atoms with Gasteiger partial charge in [-0.15, -0.1) is 0 Å². The summed E-state index contributed by atoms with van der Waals surface area (Å²) in [5.74, 6) is 0.857. The third-order valence-electron chi connectivity index (χ3n) is 3.13. The molecule has 1 nitrogen and oxygen atoms in total. The first-order valence-electron chi connectivity index (χ1n) is 5.89. The summed E-state index contributed by atoms with van der Waals surface area (Å²) in [6, 6.07) is 0. The van der Waals surface area contributed by atoms with Crippen molar-refractivity contribution in [3.8, 4) is 0 Å². The summed E-state index contributed by atoms with van der Waals surface area (Å²) in [6.45, 7) is 8.43. The molecule has 0 unspecified atom stereocenters. The van der Waals surface area contributed by atoms with Gasteiger partial charge in [-0.3, -0.25) is 0 Å². The minimum absolute atomic E-state index is 0.857. The molecule has 0 aromatic rings. The van der Waals surface area contributed by atoms with Gasteiger partial charge in [-0.1, -0.05) is 30.9 Å². The zero-order valence-corrected chi connectivity index (χ0v) is 10.1. The molecule has 84 valence electrons. The zero-order valence-electron chi connectivity index (χ0n) is 10.1. The highest BCUT2D eigenvalue weighted by atomic mass is 15.1. The van der Waals surface area contributed by atoms with Gasteiger partial charge in [0, 0.05) is 0 Å². The lowest BCUT2D eigenvalue weighted by Crippen LogP contribution is -2.30. The van der Waals surface area contributed by atoms with Crippen molar-refractivity contribution in [2.24, 2.45) is 5.92 Å². The van der Waals surface area contributed by atoms with Crippen LogP contribution in [0.1, 0.15) is 26.2 Å². The van der Waals surface area contributed by atoms with E-state index in [1.165, 1.54) is 37.9 Å². The Hall–Kier alpha value is -0.820. The summed E-state index contributed by atoms with van der Waals surface area (Å²) in [4.78, 5) is 2.42. The van der Waals surface area contributed by atoms with Crippen LogP contribution in [0, 0.1) is 5.92 Å².